The van der Waals surface area contributed by atoms with Crippen molar-refractivity contribution in [3.8, 4) is 11.5 Å². The monoisotopic (exact) mass is 435 g/mol. The van der Waals surface area contributed by atoms with Gasteiger partial charge >= 0.3 is 0 Å². The van der Waals surface area contributed by atoms with Gasteiger partial charge in [0.05, 0.1) is 13.7 Å². The van der Waals surface area contributed by atoms with Crippen molar-refractivity contribution in [2.45, 2.75) is 33.8 Å². The van der Waals surface area contributed by atoms with Crippen LogP contribution in [0.5, 0.6) is 11.5 Å². The first-order valence-electron chi connectivity index (χ1n) is 7.88. The first kappa shape index (κ1) is 21.8. The number of nitrogens with one attached hydrogen (secondary N) is 2. The van der Waals surface area contributed by atoms with Crippen molar-refractivity contribution in [1.82, 2.24) is 10.6 Å². The molecule has 0 aliphatic rings. The maximum Gasteiger partial charge on any atom is 0.191 e. The van der Waals surface area contributed by atoms with Gasteiger partial charge in [0.15, 0.2) is 17.5 Å². The molecule has 0 saturated carbocycles. The van der Waals surface area contributed by atoms with E-state index in [1.165, 1.54) is 0 Å². The summed E-state index contributed by atoms with van der Waals surface area (Å²) in [7, 11) is 1.65. The Morgan fingerprint density at radius 1 is 1.13 bits per heavy atom. The first-order chi connectivity index (χ1) is 10.6. The molecule has 1 rings (SSSR count). The number of halogens is 1. The van der Waals surface area contributed by atoms with Gasteiger partial charge in [-0.1, -0.05) is 26.0 Å². The molecule has 23 heavy (non-hydrogen) atoms. The van der Waals surface area contributed by atoms with Crippen molar-refractivity contribution in [3.63, 3.8) is 0 Å². The van der Waals surface area contributed by atoms with Crippen LogP contribution in [0.15, 0.2) is 29.3 Å². The average Bonchev–Trinajstić information content (AvgIpc) is 2.50. The second-order valence-corrected chi connectivity index (χ2v) is 5.57. The van der Waals surface area contributed by atoms with E-state index in [0.29, 0.717) is 12.5 Å². The normalized spacial score (nSPS) is 12.3. The largest absolute Gasteiger partial charge is 0.493 e. The molecule has 0 fully saturated rings. The summed E-state index contributed by atoms with van der Waals surface area (Å²) >= 11 is 0. The molecule has 0 heterocycles. The fraction of sp³-hybridized carbons (Fsp3) is 0.588. The quantitative estimate of drug-likeness (QED) is 0.374. The van der Waals surface area contributed by atoms with Crippen LogP contribution in [-0.4, -0.2) is 38.8 Å². The van der Waals surface area contributed by atoms with E-state index in [-0.39, 0.29) is 30.1 Å². The van der Waals surface area contributed by atoms with Gasteiger partial charge in [-0.2, -0.15) is 0 Å². The molecule has 2 N–H and O–H groups in total. The Balaban J connectivity index is 0.00000484. The van der Waals surface area contributed by atoms with Crippen molar-refractivity contribution in [1.29, 1.82) is 0 Å². The minimum Gasteiger partial charge on any atom is -0.493 e. The van der Waals surface area contributed by atoms with Gasteiger partial charge in [0, 0.05) is 13.1 Å². The molecule has 6 heteroatoms. The van der Waals surface area contributed by atoms with Crippen LogP contribution in [0.2, 0.25) is 0 Å². The summed E-state index contributed by atoms with van der Waals surface area (Å²) in [6, 6.07) is 7.67. The Labute approximate surface area is 157 Å². The van der Waals surface area contributed by atoms with E-state index in [0.717, 1.165) is 30.5 Å². The fourth-order valence-corrected chi connectivity index (χ4v) is 1.83. The predicted octanol–water partition coefficient (Wildman–Crippen LogP) is 3.29. The molecule has 0 bridgehead atoms. The van der Waals surface area contributed by atoms with Crippen molar-refractivity contribution in [3.05, 3.63) is 24.3 Å². The second-order valence-electron chi connectivity index (χ2n) is 5.57. The number of guanidine groups is 1. The van der Waals surface area contributed by atoms with E-state index in [2.05, 4.69) is 36.4 Å². The highest BCUT2D eigenvalue weighted by atomic mass is 127. The van der Waals surface area contributed by atoms with Crippen LogP contribution in [0.4, 0.5) is 0 Å². The van der Waals surface area contributed by atoms with Crippen LogP contribution in [0.1, 0.15) is 27.7 Å². The van der Waals surface area contributed by atoms with Gasteiger partial charge in [0.1, 0.15) is 6.10 Å². The van der Waals surface area contributed by atoms with Crippen LogP contribution in [0.25, 0.3) is 0 Å². The van der Waals surface area contributed by atoms with E-state index in [1.54, 1.807) is 7.11 Å². The Morgan fingerprint density at radius 2 is 1.78 bits per heavy atom. The number of para-hydroxylation sites is 2. The second kappa shape index (κ2) is 12.3. The summed E-state index contributed by atoms with van der Waals surface area (Å²) < 4.78 is 11.2. The summed E-state index contributed by atoms with van der Waals surface area (Å²) in [4.78, 5) is 4.54. The number of aliphatic imine (C=N–C) groups is 1. The number of hydrogen-bond acceptors (Lipinski definition) is 3. The zero-order chi connectivity index (χ0) is 16.4. The molecular formula is C17H30IN3O2. The SMILES string of the molecule is CCNC(=NCC(C)C)NCC(C)Oc1ccccc1OC.I. The van der Waals surface area contributed by atoms with Crippen LogP contribution in [0, 0.1) is 5.92 Å². The molecule has 0 radical (unpaired) electrons. The molecule has 0 amide bonds. The summed E-state index contributed by atoms with van der Waals surface area (Å²) in [5.74, 6) is 2.86. The van der Waals surface area contributed by atoms with Gasteiger partial charge in [-0.3, -0.25) is 4.99 Å². The standard InChI is InChI=1S/C17H29N3O2.HI/c1-6-18-17(19-11-13(2)3)20-12-14(4)22-16-10-8-7-9-15(16)21-5;/h7-10,13-14H,6,11-12H2,1-5H3,(H2,18,19,20);1H. The van der Waals surface area contributed by atoms with Crippen molar-refractivity contribution in [2.24, 2.45) is 10.9 Å². The van der Waals surface area contributed by atoms with E-state index in [9.17, 15) is 0 Å². The Hall–Kier alpha value is -1.18. The van der Waals surface area contributed by atoms with Gasteiger partial charge in [0.25, 0.3) is 0 Å². The van der Waals surface area contributed by atoms with Crippen LogP contribution < -0.4 is 20.1 Å². The molecule has 1 aromatic rings. The Bertz CT molecular complexity index is 467. The minimum atomic E-state index is -0.000735. The Morgan fingerprint density at radius 3 is 2.35 bits per heavy atom. The van der Waals surface area contributed by atoms with Crippen LogP contribution in [-0.2, 0) is 0 Å². The maximum atomic E-state index is 5.92. The summed E-state index contributed by atoms with van der Waals surface area (Å²) in [6.07, 6.45) is -0.000735. The van der Waals surface area contributed by atoms with Crippen molar-refractivity contribution >= 4 is 29.9 Å². The topological polar surface area (TPSA) is 54.9 Å². The molecule has 1 atom stereocenters. The molecule has 5 nitrogen and oxygen atoms in total. The molecule has 1 aromatic carbocycles. The van der Waals surface area contributed by atoms with Gasteiger partial charge < -0.3 is 20.1 Å². The molecule has 0 spiro atoms. The number of ether oxygens (including phenoxy) is 2. The number of hydrogen-bond donors (Lipinski definition) is 2. The third-order valence-corrected chi connectivity index (χ3v) is 2.91. The average molecular weight is 435 g/mol. The number of methoxy groups -OCH3 is 1. The van der Waals surface area contributed by atoms with E-state index >= 15 is 0 Å². The van der Waals surface area contributed by atoms with Crippen LogP contribution >= 0.6 is 24.0 Å². The lowest BCUT2D eigenvalue weighted by Crippen LogP contribution is -2.42. The van der Waals surface area contributed by atoms with Gasteiger partial charge in [0.2, 0.25) is 0 Å². The van der Waals surface area contributed by atoms with Crippen molar-refractivity contribution in [2.75, 3.05) is 26.7 Å². The van der Waals surface area contributed by atoms with Gasteiger partial charge in [-0.15, -0.1) is 24.0 Å². The smallest absolute Gasteiger partial charge is 0.191 e. The highest BCUT2D eigenvalue weighted by Gasteiger charge is 2.09. The van der Waals surface area contributed by atoms with Crippen LogP contribution in [0.3, 0.4) is 0 Å². The molecule has 132 valence electrons. The molecule has 0 aromatic heterocycles. The van der Waals surface area contributed by atoms with Gasteiger partial charge in [-0.05, 0) is 31.9 Å². The first-order valence-corrected chi connectivity index (χ1v) is 7.88. The lowest BCUT2D eigenvalue weighted by atomic mass is 10.2. The zero-order valence-corrected chi connectivity index (χ0v) is 17.1. The number of benzene rings is 1. The predicted molar refractivity (Wildman–Crippen MR) is 107 cm³/mol. The lowest BCUT2D eigenvalue weighted by molar-refractivity contribution is 0.213. The summed E-state index contributed by atoms with van der Waals surface area (Å²) in [6.45, 7) is 10.7. The number of rotatable bonds is 8. The Kier molecular flexibility index (Phi) is 11.6. The third-order valence-electron chi connectivity index (χ3n) is 2.91. The molecule has 0 saturated heterocycles. The highest BCUT2D eigenvalue weighted by molar-refractivity contribution is 14.0. The van der Waals surface area contributed by atoms with Crippen molar-refractivity contribution < 1.29 is 9.47 Å². The van der Waals surface area contributed by atoms with E-state index in [1.807, 2.05) is 31.2 Å². The maximum absolute atomic E-state index is 5.92. The van der Waals surface area contributed by atoms with E-state index in [4.69, 9.17) is 9.47 Å². The summed E-state index contributed by atoms with van der Waals surface area (Å²) in [5, 5.41) is 6.54. The molecular weight excluding hydrogens is 405 g/mol. The molecule has 1 unspecified atom stereocenters. The van der Waals surface area contributed by atoms with E-state index < -0.39 is 0 Å². The lowest BCUT2D eigenvalue weighted by Gasteiger charge is -2.19. The zero-order valence-electron chi connectivity index (χ0n) is 14.8. The molecule has 0 aliphatic carbocycles. The minimum absolute atomic E-state index is 0. The van der Waals surface area contributed by atoms with Gasteiger partial charge in [-0.25, -0.2) is 0 Å². The number of nitrogens with zero attached hydrogens (tertiary/aromatic N) is 1. The fourth-order valence-electron chi connectivity index (χ4n) is 1.83. The highest BCUT2D eigenvalue weighted by Crippen LogP contribution is 2.26. The summed E-state index contributed by atoms with van der Waals surface area (Å²) in [5.41, 5.74) is 0. The third kappa shape index (κ3) is 8.88. The molecule has 0 aliphatic heterocycles.